The smallest absolute Gasteiger partial charge is 0.337 e. The second kappa shape index (κ2) is 14.9. The zero-order chi connectivity index (χ0) is 40.5. The van der Waals surface area contributed by atoms with Crippen molar-refractivity contribution in [1.29, 1.82) is 0 Å². The van der Waals surface area contributed by atoms with E-state index in [1.165, 1.54) is 24.3 Å². The molecule has 56 heavy (non-hydrogen) atoms. The number of hydrogen-bond donors (Lipinski definition) is 8. The summed E-state index contributed by atoms with van der Waals surface area (Å²) in [6, 6.07) is 23.1. The second-order valence-corrected chi connectivity index (χ2v) is 14.7. The van der Waals surface area contributed by atoms with Gasteiger partial charge in [0.15, 0.2) is 0 Å². The fourth-order valence-corrected chi connectivity index (χ4v) is 7.15. The van der Waals surface area contributed by atoms with E-state index in [0.717, 1.165) is 36.4 Å². The molecule has 17 nitrogen and oxygen atoms in total. The Bertz CT molecular complexity index is 2700. The summed E-state index contributed by atoms with van der Waals surface area (Å²) in [6.07, 6.45) is 0. The first kappa shape index (κ1) is 38.5. The maximum atomic E-state index is 13.3. The van der Waals surface area contributed by atoms with Crippen LogP contribution in [0.4, 0.5) is 27.5 Å². The predicted molar refractivity (Wildman–Crippen MR) is 203 cm³/mol. The van der Waals surface area contributed by atoms with Gasteiger partial charge in [-0.25, -0.2) is 14.4 Å². The zero-order valence-electron chi connectivity index (χ0n) is 28.2. The van der Waals surface area contributed by atoms with E-state index in [-0.39, 0.29) is 33.9 Å². The summed E-state index contributed by atoms with van der Waals surface area (Å²) in [6.45, 7) is 0. The highest BCUT2D eigenvalue weighted by molar-refractivity contribution is 7.86. The SMILES string of the molecule is O=C(Nc1ccc(C(=O)Nc2cc3ccccc3cc2C(=O)O)c(S(=O)(=O)O)c1)Nc1ccc(C(=O)Nc2cc3ccccc3cc2C(=O)O)c(S(=O)(=O)O)c1. The number of fused-ring (bicyclic) bond motifs is 2. The molecule has 0 bridgehead atoms. The molecule has 6 aromatic rings. The van der Waals surface area contributed by atoms with Crippen LogP contribution in [-0.4, -0.2) is 65.9 Å². The minimum absolute atomic E-state index is 0.171. The summed E-state index contributed by atoms with van der Waals surface area (Å²) < 4.78 is 69.3. The van der Waals surface area contributed by atoms with E-state index in [1.807, 2.05) is 0 Å². The van der Waals surface area contributed by atoms with Crippen LogP contribution < -0.4 is 21.3 Å². The minimum atomic E-state index is -5.14. The van der Waals surface area contributed by atoms with Gasteiger partial charge in [-0.15, -0.1) is 0 Å². The zero-order valence-corrected chi connectivity index (χ0v) is 29.8. The topological polar surface area (TPSA) is 283 Å². The number of carbonyl (C=O) groups is 5. The Morgan fingerprint density at radius 3 is 1.09 bits per heavy atom. The summed E-state index contributed by atoms with van der Waals surface area (Å²) in [5.74, 6) is -5.01. The number of rotatable bonds is 10. The normalized spacial score (nSPS) is 11.5. The van der Waals surface area contributed by atoms with Crippen molar-refractivity contribution >= 4 is 94.3 Å². The van der Waals surface area contributed by atoms with Gasteiger partial charge < -0.3 is 31.5 Å². The quantitative estimate of drug-likeness (QED) is 0.0736. The summed E-state index contributed by atoms with van der Waals surface area (Å²) in [5.41, 5.74) is -2.76. The van der Waals surface area contributed by atoms with E-state index in [0.29, 0.717) is 21.5 Å². The first-order valence-electron chi connectivity index (χ1n) is 15.8. The van der Waals surface area contributed by atoms with Crippen molar-refractivity contribution in [3.05, 3.63) is 131 Å². The number of anilines is 4. The average Bonchev–Trinajstić information content (AvgIpc) is 3.13. The van der Waals surface area contributed by atoms with Gasteiger partial charge in [0.1, 0.15) is 9.79 Å². The fraction of sp³-hybridized carbons (Fsp3) is 0. The second-order valence-electron chi connectivity index (χ2n) is 12.0. The van der Waals surface area contributed by atoms with Crippen LogP contribution in [0.2, 0.25) is 0 Å². The van der Waals surface area contributed by atoms with E-state index < -0.39 is 70.9 Å². The van der Waals surface area contributed by atoms with E-state index in [2.05, 4.69) is 21.3 Å². The first-order valence-corrected chi connectivity index (χ1v) is 18.7. The molecule has 8 N–H and O–H groups in total. The molecule has 0 aromatic heterocycles. The number of urea groups is 1. The lowest BCUT2D eigenvalue weighted by atomic mass is 10.0. The molecule has 0 aliphatic carbocycles. The molecule has 0 saturated carbocycles. The number of carboxylic acid groups (broad SMARTS) is 2. The van der Waals surface area contributed by atoms with Crippen LogP contribution in [0.1, 0.15) is 41.4 Å². The van der Waals surface area contributed by atoms with Gasteiger partial charge in [-0.2, -0.15) is 16.8 Å². The van der Waals surface area contributed by atoms with Crippen molar-refractivity contribution in [3.8, 4) is 0 Å². The Labute approximate surface area is 316 Å². The number of amides is 4. The molecule has 19 heteroatoms. The Hall–Kier alpha value is -7.19. The van der Waals surface area contributed by atoms with Gasteiger partial charge in [0, 0.05) is 11.4 Å². The van der Waals surface area contributed by atoms with Crippen LogP contribution >= 0.6 is 0 Å². The molecule has 0 heterocycles. The number of nitrogens with one attached hydrogen (secondary N) is 4. The predicted octanol–water partition coefficient (Wildman–Crippen LogP) is 6.03. The van der Waals surface area contributed by atoms with Crippen molar-refractivity contribution < 1.29 is 60.1 Å². The number of carboxylic acids is 2. The molecule has 0 aliphatic rings. The van der Waals surface area contributed by atoms with Gasteiger partial charge in [0.25, 0.3) is 32.1 Å². The highest BCUT2D eigenvalue weighted by Crippen LogP contribution is 2.29. The first-order chi connectivity index (χ1) is 26.4. The third kappa shape index (κ3) is 8.30. The highest BCUT2D eigenvalue weighted by atomic mass is 32.2. The molecule has 0 aliphatic heterocycles. The largest absolute Gasteiger partial charge is 0.478 e. The number of hydrogen-bond acceptors (Lipinski definition) is 9. The lowest BCUT2D eigenvalue weighted by Gasteiger charge is -2.15. The molecule has 0 atom stereocenters. The van der Waals surface area contributed by atoms with Gasteiger partial charge in [-0.05, 0) is 82.2 Å². The maximum Gasteiger partial charge on any atom is 0.337 e. The minimum Gasteiger partial charge on any atom is -0.478 e. The molecule has 0 saturated heterocycles. The van der Waals surface area contributed by atoms with Crippen LogP contribution in [0, 0.1) is 0 Å². The molecule has 4 amide bonds. The Kier molecular flexibility index (Phi) is 10.3. The molecular formula is C37H26N4O13S2. The van der Waals surface area contributed by atoms with Crippen molar-refractivity contribution in [2.24, 2.45) is 0 Å². The Balaban J connectivity index is 1.23. The van der Waals surface area contributed by atoms with Crippen LogP contribution in [-0.2, 0) is 20.2 Å². The Morgan fingerprint density at radius 1 is 0.429 bits per heavy atom. The summed E-state index contributed by atoms with van der Waals surface area (Å²) in [5, 5.41) is 30.8. The molecule has 0 radical (unpaired) electrons. The van der Waals surface area contributed by atoms with Gasteiger partial charge in [0.2, 0.25) is 0 Å². The third-order valence-corrected chi connectivity index (χ3v) is 10.0. The van der Waals surface area contributed by atoms with E-state index in [4.69, 9.17) is 0 Å². The number of benzene rings is 6. The van der Waals surface area contributed by atoms with Crippen molar-refractivity contribution in [2.45, 2.75) is 9.79 Å². The Morgan fingerprint density at radius 2 is 0.768 bits per heavy atom. The molecule has 0 unspecified atom stereocenters. The van der Waals surface area contributed by atoms with E-state index in [1.54, 1.807) is 48.5 Å². The lowest BCUT2D eigenvalue weighted by molar-refractivity contribution is 0.0687. The van der Waals surface area contributed by atoms with Gasteiger partial charge in [-0.1, -0.05) is 48.5 Å². The van der Waals surface area contributed by atoms with Crippen LogP contribution in [0.5, 0.6) is 0 Å². The maximum absolute atomic E-state index is 13.3. The summed E-state index contributed by atoms with van der Waals surface area (Å²) in [7, 11) is -10.3. The van der Waals surface area contributed by atoms with Gasteiger partial charge in [0.05, 0.1) is 33.6 Å². The molecule has 6 aromatic carbocycles. The molecule has 0 spiro atoms. The fourth-order valence-electron chi connectivity index (χ4n) is 5.72. The highest BCUT2D eigenvalue weighted by Gasteiger charge is 2.26. The monoisotopic (exact) mass is 798 g/mol. The van der Waals surface area contributed by atoms with E-state index in [9.17, 15) is 60.1 Å². The van der Waals surface area contributed by atoms with Crippen LogP contribution in [0.25, 0.3) is 21.5 Å². The molecule has 284 valence electrons. The third-order valence-electron chi connectivity index (χ3n) is 8.25. The van der Waals surface area contributed by atoms with Crippen molar-refractivity contribution in [2.75, 3.05) is 21.3 Å². The standard InChI is InChI=1S/C37H26N4O13S2/c42-33(40-29-15-21-7-3-1-5-19(21)13-27(29)35(44)45)25-11-9-23(17-31(25)55(49,50)51)38-37(48)39-24-10-12-26(32(18-24)56(52,53)54)34(43)41-30-16-22-8-4-2-6-20(22)14-28(30)36(46)47/h1-18H,(H,40,42)(H,41,43)(H,44,45)(H,46,47)(H2,38,39,48)(H,49,50,51)(H,52,53,54). The molecule has 6 rings (SSSR count). The van der Waals surface area contributed by atoms with Crippen LogP contribution in [0.15, 0.2) is 119 Å². The molecular weight excluding hydrogens is 773 g/mol. The number of carbonyl (C=O) groups excluding carboxylic acids is 3. The van der Waals surface area contributed by atoms with Gasteiger partial charge in [-0.3, -0.25) is 18.7 Å². The van der Waals surface area contributed by atoms with E-state index >= 15 is 0 Å². The summed E-state index contributed by atoms with van der Waals surface area (Å²) in [4.78, 5) is 61.4. The van der Waals surface area contributed by atoms with Crippen molar-refractivity contribution in [3.63, 3.8) is 0 Å². The van der Waals surface area contributed by atoms with Crippen LogP contribution in [0.3, 0.4) is 0 Å². The lowest BCUT2D eigenvalue weighted by Crippen LogP contribution is -2.22. The number of aromatic carboxylic acids is 2. The summed E-state index contributed by atoms with van der Waals surface area (Å²) >= 11 is 0. The average molecular weight is 799 g/mol. The van der Waals surface area contributed by atoms with Crippen molar-refractivity contribution in [1.82, 2.24) is 0 Å². The van der Waals surface area contributed by atoms with Gasteiger partial charge >= 0.3 is 18.0 Å². The molecule has 0 fully saturated rings.